The van der Waals surface area contributed by atoms with Crippen molar-refractivity contribution < 1.29 is 19.1 Å². The summed E-state index contributed by atoms with van der Waals surface area (Å²) in [6.07, 6.45) is 12.9. The van der Waals surface area contributed by atoms with E-state index in [1.54, 1.807) is 6.92 Å². The number of ether oxygens (including phenoxy) is 2. The molecule has 2 aromatic rings. The Hall–Kier alpha value is -3.02. The minimum atomic E-state index is -0.580. The molecule has 0 fully saturated rings. The van der Waals surface area contributed by atoms with Crippen molar-refractivity contribution in [2.45, 2.75) is 104 Å². The lowest BCUT2D eigenvalue weighted by molar-refractivity contribution is 0.0651. The molecule has 204 valence electrons. The minimum Gasteiger partial charge on any atom is -0.445 e. The summed E-state index contributed by atoms with van der Waals surface area (Å²) in [6.45, 7) is 6.09. The van der Waals surface area contributed by atoms with E-state index in [0.717, 1.165) is 12.8 Å². The van der Waals surface area contributed by atoms with Gasteiger partial charge in [-0.2, -0.15) is 0 Å². The molecule has 2 rings (SSSR count). The van der Waals surface area contributed by atoms with Crippen molar-refractivity contribution in [1.29, 1.82) is 0 Å². The van der Waals surface area contributed by atoms with E-state index < -0.39 is 18.3 Å². The maximum Gasteiger partial charge on any atom is 0.412 e. The van der Waals surface area contributed by atoms with Gasteiger partial charge in [0, 0.05) is 11.4 Å². The van der Waals surface area contributed by atoms with Gasteiger partial charge in [-0.05, 0) is 68.0 Å². The van der Waals surface area contributed by atoms with E-state index in [2.05, 4.69) is 24.5 Å². The molecular weight excluding hydrogens is 464 g/mol. The van der Waals surface area contributed by atoms with Gasteiger partial charge in [0.15, 0.2) is 0 Å². The number of benzene rings is 2. The second-order valence-corrected chi connectivity index (χ2v) is 9.79. The fourth-order valence-corrected chi connectivity index (χ4v) is 4.09. The number of hydrogen-bond acceptors (Lipinski definition) is 4. The third-order valence-corrected chi connectivity index (χ3v) is 6.30. The predicted octanol–water partition coefficient (Wildman–Crippen LogP) is 8.90. The highest BCUT2D eigenvalue weighted by atomic mass is 16.6. The van der Waals surface area contributed by atoms with Gasteiger partial charge in [-0.15, -0.1) is 0 Å². The molecule has 2 N–H and O–H groups in total. The van der Waals surface area contributed by atoms with Gasteiger partial charge in [0.05, 0.1) is 0 Å². The lowest BCUT2D eigenvalue weighted by Gasteiger charge is -2.15. The molecule has 0 aliphatic carbocycles. The average Bonchev–Trinajstić information content (AvgIpc) is 2.89. The molecule has 2 amide bonds. The van der Waals surface area contributed by atoms with Gasteiger partial charge in [-0.25, -0.2) is 9.59 Å². The molecule has 0 saturated carbocycles. The van der Waals surface area contributed by atoms with Crippen molar-refractivity contribution >= 4 is 23.6 Å². The summed E-state index contributed by atoms with van der Waals surface area (Å²) in [4.78, 5) is 24.3. The topological polar surface area (TPSA) is 76.7 Å². The minimum absolute atomic E-state index is 0.0356. The summed E-state index contributed by atoms with van der Waals surface area (Å²) >= 11 is 0. The summed E-state index contributed by atoms with van der Waals surface area (Å²) in [5, 5.41) is 5.44. The molecule has 0 heterocycles. The van der Waals surface area contributed by atoms with Crippen molar-refractivity contribution in [3.05, 3.63) is 59.7 Å². The molecule has 37 heavy (non-hydrogen) atoms. The molecule has 0 spiro atoms. The average molecular weight is 511 g/mol. The van der Waals surface area contributed by atoms with Crippen LogP contribution < -0.4 is 10.6 Å². The Labute approximate surface area is 223 Å². The van der Waals surface area contributed by atoms with Gasteiger partial charge in [0.25, 0.3) is 0 Å². The Morgan fingerprint density at radius 3 is 1.54 bits per heavy atom. The Balaban J connectivity index is 1.62. The Morgan fingerprint density at radius 1 is 0.649 bits per heavy atom. The normalized spacial score (nSPS) is 11.5. The van der Waals surface area contributed by atoms with E-state index in [1.807, 2.05) is 48.5 Å². The first-order valence-corrected chi connectivity index (χ1v) is 14.1. The van der Waals surface area contributed by atoms with Gasteiger partial charge in [0.2, 0.25) is 0 Å². The fraction of sp³-hybridized carbons (Fsp3) is 0.548. The van der Waals surface area contributed by atoms with Crippen molar-refractivity contribution in [2.75, 3.05) is 17.2 Å². The number of anilines is 2. The molecule has 0 radical (unpaired) electrons. The largest absolute Gasteiger partial charge is 0.445 e. The number of hydrogen-bond donors (Lipinski definition) is 2. The molecule has 6 nitrogen and oxygen atoms in total. The summed E-state index contributed by atoms with van der Waals surface area (Å²) < 4.78 is 10.5. The van der Waals surface area contributed by atoms with Crippen LogP contribution >= 0.6 is 0 Å². The van der Waals surface area contributed by atoms with Crippen LogP contribution in [0.1, 0.15) is 96.1 Å². The zero-order chi connectivity index (χ0) is 26.7. The van der Waals surface area contributed by atoms with Crippen LogP contribution in [0.15, 0.2) is 48.5 Å². The van der Waals surface area contributed by atoms with Crippen LogP contribution in [0.3, 0.4) is 0 Å². The molecule has 6 heteroatoms. The third kappa shape index (κ3) is 13.7. The number of aryl methyl sites for hydroxylation is 2. The molecule has 0 saturated heterocycles. The summed E-state index contributed by atoms with van der Waals surface area (Å²) in [5.74, 6) is 0. The van der Waals surface area contributed by atoms with E-state index >= 15 is 0 Å². The van der Waals surface area contributed by atoms with Crippen LogP contribution in [0.5, 0.6) is 0 Å². The van der Waals surface area contributed by atoms with E-state index in [4.69, 9.17) is 9.47 Å². The number of unbranched alkanes of at least 4 members (excludes halogenated alkanes) is 8. The standard InChI is InChI=1S/C31H46N2O4/c1-4-6-8-10-12-14-26-16-20-28(21-17-26)32-30(34)36-24-25(3)37-31(35)33-29-22-18-27(19-23-29)15-13-11-9-7-5-2/h16-23,25H,4-15,24H2,1-3H3,(H,32,34)(H,33,35). The lowest BCUT2D eigenvalue weighted by Crippen LogP contribution is -2.26. The maximum atomic E-state index is 12.2. The zero-order valence-electron chi connectivity index (χ0n) is 23.0. The highest BCUT2D eigenvalue weighted by Gasteiger charge is 2.13. The molecular formula is C31H46N2O4. The number of amides is 2. The van der Waals surface area contributed by atoms with Gasteiger partial charge < -0.3 is 9.47 Å². The highest BCUT2D eigenvalue weighted by molar-refractivity contribution is 5.85. The zero-order valence-corrected chi connectivity index (χ0v) is 23.0. The highest BCUT2D eigenvalue weighted by Crippen LogP contribution is 2.15. The van der Waals surface area contributed by atoms with Gasteiger partial charge in [-0.1, -0.05) is 89.5 Å². The molecule has 2 aromatic carbocycles. The van der Waals surface area contributed by atoms with Gasteiger partial charge >= 0.3 is 12.2 Å². The summed E-state index contributed by atoms with van der Waals surface area (Å²) in [6, 6.07) is 15.7. The molecule has 0 aliphatic rings. The van der Waals surface area contributed by atoms with Crippen molar-refractivity contribution in [3.8, 4) is 0 Å². The van der Waals surface area contributed by atoms with Crippen LogP contribution in [-0.2, 0) is 22.3 Å². The second kappa shape index (κ2) is 18.3. The summed E-state index contributed by atoms with van der Waals surface area (Å²) in [5.41, 5.74) is 3.88. The number of rotatable bonds is 17. The van der Waals surface area contributed by atoms with Crippen molar-refractivity contribution in [3.63, 3.8) is 0 Å². The molecule has 1 atom stereocenters. The quantitative estimate of drug-likeness (QED) is 0.208. The second-order valence-electron chi connectivity index (χ2n) is 9.79. The van der Waals surface area contributed by atoms with E-state index in [9.17, 15) is 9.59 Å². The Kier molecular flexibility index (Phi) is 14.9. The van der Waals surface area contributed by atoms with E-state index in [0.29, 0.717) is 11.4 Å². The maximum absolute atomic E-state index is 12.2. The first kappa shape index (κ1) is 30.2. The van der Waals surface area contributed by atoms with Crippen LogP contribution in [0.4, 0.5) is 21.0 Å². The Bertz CT molecular complexity index is 896. The summed E-state index contributed by atoms with van der Waals surface area (Å²) in [7, 11) is 0. The van der Waals surface area contributed by atoms with Crippen LogP contribution in [0.2, 0.25) is 0 Å². The van der Waals surface area contributed by atoms with Crippen LogP contribution in [0, 0.1) is 0 Å². The van der Waals surface area contributed by atoms with Crippen LogP contribution in [0.25, 0.3) is 0 Å². The molecule has 0 bridgehead atoms. The smallest absolute Gasteiger partial charge is 0.412 e. The first-order chi connectivity index (χ1) is 18.0. The lowest BCUT2D eigenvalue weighted by atomic mass is 10.1. The Morgan fingerprint density at radius 2 is 1.08 bits per heavy atom. The number of carbonyl (C=O) groups is 2. The fourth-order valence-electron chi connectivity index (χ4n) is 4.09. The van der Waals surface area contributed by atoms with Crippen molar-refractivity contribution in [1.82, 2.24) is 0 Å². The van der Waals surface area contributed by atoms with E-state index in [-0.39, 0.29) is 6.61 Å². The first-order valence-electron chi connectivity index (χ1n) is 14.1. The monoisotopic (exact) mass is 510 g/mol. The van der Waals surface area contributed by atoms with E-state index in [1.165, 1.54) is 75.3 Å². The molecule has 0 aliphatic heterocycles. The third-order valence-electron chi connectivity index (χ3n) is 6.30. The van der Waals surface area contributed by atoms with Gasteiger partial charge in [0.1, 0.15) is 12.7 Å². The van der Waals surface area contributed by atoms with Crippen molar-refractivity contribution in [2.24, 2.45) is 0 Å². The number of carbonyl (C=O) groups excluding carboxylic acids is 2. The molecule has 1 unspecified atom stereocenters. The number of nitrogens with one attached hydrogen (secondary N) is 2. The molecule has 0 aromatic heterocycles. The van der Waals surface area contributed by atoms with Gasteiger partial charge in [-0.3, -0.25) is 10.6 Å². The SMILES string of the molecule is CCCCCCCc1ccc(NC(=O)OCC(C)OC(=O)Nc2ccc(CCCCCCC)cc2)cc1. The predicted molar refractivity (Wildman–Crippen MR) is 152 cm³/mol. The van der Waals surface area contributed by atoms with Crippen LogP contribution in [-0.4, -0.2) is 24.9 Å².